The number of nitrogens with one attached hydrogen (secondary N) is 1. The molecule has 0 saturated heterocycles. The predicted molar refractivity (Wildman–Crippen MR) is 126 cm³/mol. The molecule has 0 spiro atoms. The van der Waals surface area contributed by atoms with E-state index in [9.17, 15) is 9.18 Å². The van der Waals surface area contributed by atoms with Crippen molar-refractivity contribution in [3.05, 3.63) is 78.5 Å². The Hall–Kier alpha value is -3.87. The maximum absolute atomic E-state index is 14.3. The van der Waals surface area contributed by atoms with Gasteiger partial charge in [0.15, 0.2) is 0 Å². The van der Waals surface area contributed by atoms with E-state index in [0.717, 1.165) is 0 Å². The molecule has 0 fully saturated rings. The molecule has 1 unspecified atom stereocenters. The Morgan fingerprint density at radius 2 is 1.61 bits per heavy atom. The molecule has 0 aliphatic rings. The summed E-state index contributed by atoms with van der Waals surface area (Å²) in [7, 11) is 0. The normalized spacial score (nSPS) is 12.4. The number of amides is 1. The minimum Gasteiger partial charge on any atom is -0.444 e. The molecule has 0 saturated carbocycles. The van der Waals surface area contributed by atoms with E-state index < -0.39 is 17.7 Å². The van der Waals surface area contributed by atoms with Crippen LogP contribution in [0.15, 0.2) is 67.0 Å². The van der Waals surface area contributed by atoms with Crippen molar-refractivity contribution >= 4 is 17.0 Å². The zero-order valence-corrected chi connectivity index (χ0v) is 19.0. The lowest BCUT2D eigenvalue weighted by atomic mass is 9.92. The van der Waals surface area contributed by atoms with Gasteiger partial charge in [0.05, 0.1) is 28.6 Å². The Labute approximate surface area is 191 Å². The van der Waals surface area contributed by atoms with Crippen molar-refractivity contribution < 1.29 is 13.9 Å². The number of carbonyl (C=O) groups is 1. The van der Waals surface area contributed by atoms with Gasteiger partial charge >= 0.3 is 6.09 Å². The van der Waals surface area contributed by atoms with Crippen molar-refractivity contribution in [1.82, 2.24) is 20.3 Å². The molecule has 6 nitrogen and oxygen atoms in total. The number of benzene rings is 1. The van der Waals surface area contributed by atoms with Crippen LogP contribution in [-0.2, 0) is 4.74 Å². The standard InChI is InChI=1S/C26H25FN4O2/c1-16(30-25(32)33-26(2,3)4)24-23(21-10-6-8-14-29-21)22(20-9-5-7-13-28-20)18-15-17(27)11-12-19(18)31-24/h5-16H,1-4H3,(H,30,32). The molecule has 0 bridgehead atoms. The first-order valence-electron chi connectivity index (χ1n) is 10.7. The largest absolute Gasteiger partial charge is 0.444 e. The predicted octanol–water partition coefficient (Wildman–Crippen LogP) is 6.08. The highest BCUT2D eigenvalue weighted by Crippen LogP contribution is 2.40. The first kappa shape index (κ1) is 22.3. The lowest BCUT2D eigenvalue weighted by Crippen LogP contribution is -2.34. The van der Waals surface area contributed by atoms with E-state index >= 15 is 0 Å². The average molecular weight is 445 g/mol. The molecular weight excluding hydrogens is 419 g/mol. The molecule has 1 atom stereocenters. The molecule has 3 aromatic heterocycles. The monoisotopic (exact) mass is 444 g/mol. The van der Waals surface area contributed by atoms with Crippen LogP contribution < -0.4 is 5.32 Å². The summed E-state index contributed by atoms with van der Waals surface area (Å²) in [5, 5.41) is 3.49. The van der Waals surface area contributed by atoms with E-state index in [-0.39, 0.29) is 5.82 Å². The van der Waals surface area contributed by atoms with Crippen LogP contribution in [0.5, 0.6) is 0 Å². The zero-order chi connectivity index (χ0) is 23.6. The summed E-state index contributed by atoms with van der Waals surface area (Å²) in [6.45, 7) is 7.24. The van der Waals surface area contributed by atoms with Gasteiger partial charge in [0.1, 0.15) is 11.4 Å². The highest BCUT2D eigenvalue weighted by atomic mass is 19.1. The van der Waals surface area contributed by atoms with Gasteiger partial charge in [-0.2, -0.15) is 0 Å². The van der Waals surface area contributed by atoms with Gasteiger partial charge in [0.2, 0.25) is 0 Å². The molecule has 4 rings (SSSR count). The second-order valence-corrected chi connectivity index (χ2v) is 8.71. The highest BCUT2D eigenvalue weighted by molar-refractivity contribution is 6.02. The minimum absolute atomic E-state index is 0.374. The van der Waals surface area contributed by atoms with Gasteiger partial charge in [-0.1, -0.05) is 12.1 Å². The fourth-order valence-electron chi connectivity index (χ4n) is 3.67. The fraction of sp³-hybridized carbons (Fsp3) is 0.231. The number of rotatable bonds is 4. The highest BCUT2D eigenvalue weighted by Gasteiger charge is 2.26. The Morgan fingerprint density at radius 3 is 2.18 bits per heavy atom. The number of nitrogens with zero attached hydrogens (tertiary/aromatic N) is 3. The summed E-state index contributed by atoms with van der Waals surface area (Å²) >= 11 is 0. The second kappa shape index (κ2) is 8.94. The van der Waals surface area contributed by atoms with E-state index in [2.05, 4.69) is 15.3 Å². The number of carbonyl (C=O) groups excluding carboxylic acids is 1. The lowest BCUT2D eigenvalue weighted by molar-refractivity contribution is 0.0507. The summed E-state index contributed by atoms with van der Waals surface area (Å²) in [4.78, 5) is 26.4. The summed E-state index contributed by atoms with van der Waals surface area (Å²) in [5.41, 5.74) is 3.21. The van der Waals surface area contributed by atoms with Crippen LogP contribution in [-0.4, -0.2) is 26.6 Å². The molecule has 1 N–H and O–H groups in total. The van der Waals surface area contributed by atoms with E-state index in [0.29, 0.717) is 39.1 Å². The fourth-order valence-corrected chi connectivity index (χ4v) is 3.67. The van der Waals surface area contributed by atoms with Gasteiger partial charge in [-0.05, 0) is 70.2 Å². The van der Waals surface area contributed by atoms with Gasteiger partial charge in [-0.25, -0.2) is 14.2 Å². The second-order valence-electron chi connectivity index (χ2n) is 8.71. The maximum Gasteiger partial charge on any atom is 0.408 e. The van der Waals surface area contributed by atoms with E-state index in [1.54, 1.807) is 39.2 Å². The topological polar surface area (TPSA) is 77.0 Å². The molecule has 1 amide bonds. The Balaban J connectivity index is 1.98. The Bertz CT molecular complexity index is 1290. The van der Waals surface area contributed by atoms with Crippen molar-refractivity contribution in [3.8, 4) is 22.5 Å². The number of hydrogen-bond donors (Lipinski definition) is 1. The molecule has 0 aliphatic carbocycles. The summed E-state index contributed by atoms with van der Waals surface area (Å²) in [6, 6.07) is 15.0. The van der Waals surface area contributed by atoms with E-state index in [1.807, 2.05) is 43.3 Å². The smallest absolute Gasteiger partial charge is 0.408 e. The van der Waals surface area contributed by atoms with Gasteiger partial charge < -0.3 is 10.1 Å². The Morgan fingerprint density at radius 1 is 0.970 bits per heavy atom. The van der Waals surface area contributed by atoms with E-state index in [1.165, 1.54) is 12.1 Å². The molecule has 3 heterocycles. The number of aromatic nitrogens is 3. The van der Waals surface area contributed by atoms with Crippen LogP contribution in [0.3, 0.4) is 0 Å². The van der Waals surface area contributed by atoms with Crippen LogP contribution in [0.1, 0.15) is 39.4 Å². The van der Waals surface area contributed by atoms with Gasteiger partial charge in [-0.15, -0.1) is 0 Å². The van der Waals surface area contributed by atoms with Crippen LogP contribution in [0.4, 0.5) is 9.18 Å². The van der Waals surface area contributed by atoms with Crippen LogP contribution in [0, 0.1) is 5.82 Å². The van der Waals surface area contributed by atoms with Crippen LogP contribution in [0.25, 0.3) is 33.4 Å². The number of halogens is 1. The number of hydrogen-bond acceptors (Lipinski definition) is 5. The average Bonchev–Trinajstić information content (AvgIpc) is 2.77. The molecule has 0 radical (unpaired) electrons. The molecular formula is C26H25FN4O2. The minimum atomic E-state index is -0.638. The Kier molecular flexibility index (Phi) is 6.05. The number of pyridine rings is 3. The van der Waals surface area contributed by atoms with E-state index in [4.69, 9.17) is 9.72 Å². The van der Waals surface area contributed by atoms with Gasteiger partial charge in [0, 0.05) is 28.9 Å². The third-order valence-corrected chi connectivity index (χ3v) is 4.96. The van der Waals surface area contributed by atoms with Crippen molar-refractivity contribution in [2.75, 3.05) is 0 Å². The molecule has 7 heteroatoms. The van der Waals surface area contributed by atoms with Crippen LogP contribution >= 0.6 is 0 Å². The van der Waals surface area contributed by atoms with Crippen LogP contribution in [0.2, 0.25) is 0 Å². The third kappa shape index (κ3) is 4.98. The molecule has 168 valence electrons. The number of ether oxygens (including phenoxy) is 1. The third-order valence-electron chi connectivity index (χ3n) is 4.96. The summed E-state index contributed by atoms with van der Waals surface area (Å²) < 4.78 is 19.8. The van der Waals surface area contributed by atoms with Crippen molar-refractivity contribution in [2.45, 2.75) is 39.3 Å². The number of fused-ring (bicyclic) bond motifs is 1. The molecule has 1 aromatic carbocycles. The molecule has 4 aromatic rings. The van der Waals surface area contributed by atoms with Crippen molar-refractivity contribution in [3.63, 3.8) is 0 Å². The maximum atomic E-state index is 14.3. The number of alkyl carbamates (subject to hydrolysis) is 1. The van der Waals surface area contributed by atoms with Crippen molar-refractivity contribution in [1.29, 1.82) is 0 Å². The molecule has 0 aliphatic heterocycles. The zero-order valence-electron chi connectivity index (χ0n) is 19.0. The first-order chi connectivity index (χ1) is 15.7. The van der Waals surface area contributed by atoms with Gasteiger partial charge in [0.25, 0.3) is 0 Å². The lowest BCUT2D eigenvalue weighted by Gasteiger charge is -2.24. The summed E-state index contributed by atoms with van der Waals surface area (Å²) in [6.07, 6.45) is 2.82. The SMILES string of the molecule is CC(NC(=O)OC(C)(C)C)c1nc2ccc(F)cc2c(-c2ccccn2)c1-c1ccccn1. The quantitative estimate of drug-likeness (QED) is 0.413. The molecule has 33 heavy (non-hydrogen) atoms. The van der Waals surface area contributed by atoms with Gasteiger partial charge in [-0.3, -0.25) is 9.97 Å². The van der Waals surface area contributed by atoms with Crippen molar-refractivity contribution in [2.24, 2.45) is 0 Å². The first-order valence-corrected chi connectivity index (χ1v) is 10.7. The summed E-state index contributed by atoms with van der Waals surface area (Å²) in [5.74, 6) is -0.374.